The monoisotopic (exact) mass is 357 g/mol. The van der Waals surface area contributed by atoms with Crippen LogP contribution in [-0.4, -0.2) is 12.6 Å². The van der Waals surface area contributed by atoms with E-state index in [2.05, 4.69) is 79.0 Å². The van der Waals surface area contributed by atoms with Gasteiger partial charge in [0, 0.05) is 5.41 Å². The van der Waals surface area contributed by atoms with E-state index < -0.39 is 0 Å². The Morgan fingerprint density at radius 2 is 1.44 bits per heavy atom. The van der Waals surface area contributed by atoms with Crippen LogP contribution < -0.4 is 10.1 Å². The van der Waals surface area contributed by atoms with Crippen molar-refractivity contribution in [1.82, 2.24) is 0 Å². The van der Waals surface area contributed by atoms with Gasteiger partial charge in [-0.2, -0.15) is 0 Å². The van der Waals surface area contributed by atoms with Gasteiger partial charge in [-0.25, -0.2) is 0 Å². The first-order chi connectivity index (χ1) is 13.3. The first-order valence-corrected chi connectivity index (χ1v) is 9.86. The maximum atomic E-state index is 6.20. The van der Waals surface area contributed by atoms with Gasteiger partial charge in [0.1, 0.15) is 11.9 Å². The van der Waals surface area contributed by atoms with Gasteiger partial charge in [0.15, 0.2) is 0 Å². The fourth-order valence-corrected chi connectivity index (χ4v) is 4.07. The van der Waals surface area contributed by atoms with Crippen molar-refractivity contribution < 1.29 is 4.74 Å². The van der Waals surface area contributed by atoms with Crippen LogP contribution in [0.2, 0.25) is 0 Å². The number of rotatable bonds is 6. The zero-order chi connectivity index (χ0) is 18.5. The molecule has 0 amide bonds. The summed E-state index contributed by atoms with van der Waals surface area (Å²) in [6.45, 7) is 3.25. The Labute approximate surface area is 162 Å². The minimum Gasteiger partial charge on any atom is -0.486 e. The van der Waals surface area contributed by atoms with Gasteiger partial charge < -0.3 is 10.1 Å². The van der Waals surface area contributed by atoms with Crippen LogP contribution in [0.5, 0.6) is 5.75 Å². The molecule has 3 aromatic carbocycles. The van der Waals surface area contributed by atoms with Crippen LogP contribution in [0.4, 0.5) is 5.69 Å². The standard InChI is InChI=1S/C25H27NO/c1-25(20-11-4-2-5-12-20,21-13-6-3-7-14-21)18-10-15-22-19-26-23-16-8-9-17-24(23)27-22/h2-9,11-14,16-17,22,26H,10,15,18-19H2,1H3. The van der Waals surface area contributed by atoms with Gasteiger partial charge in [0.25, 0.3) is 0 Å². The second kappa shape index (κ2) is 7.87. The lowest BCUT2D eigenvalue weighted by molar-refractivity contribution is 0.189. The van der Waals surface area contributed by atoms with Gasteiger partial charge in [0.2, 0.25) is 0 Å². The Morgan fingerprint density at radius 3 is 2.11 bits per heavy atom. The summed E-state index contributed by atoms with van der Waals surface area (Å²) >= 11 is 0. The Morgan fingerprint density at radius 1 is 0.852 bits per heavy atom. The maximum Gasteiger partial charge on any atom is 0.142 e. The van der Waals surface area contributed by atoms with E-state index in [9.17, 15) is 0 Å². The summed E-state index contributed by atoms with van der Waals surface area (Å²) in [6.07, 6.45) is 3.50. The van der Waals surface area contributed by atoms with Gasteiger partial charge in [0.05, 0.1) is 12.2 Å². The second-order valence-corrected chi connectivity index (χ2v) is 7.57. The molecule has 1 unspecified atom stereocenters. The number of ether oxygens (including phenoxy) is 1. The van der Waals surface area contributed by atoms with Crippen molar-refractivity contribution in [3.05, 3.63) is 96.1 Å². The molecule has 0 aromatic heterocycles. The van der Waals surface area contributed by atoms with Crippen LogP contribution in [0.15, 0.2) is 84.9 Å². The average Bonchev–Trinajstić information content (AvgIpc) is 2.75. The number of nitrogens with one attached hydrogen (secondary N) is 1. The molecule has 1 atom stereocenters. The molecular formula is C25H27NO. The van der Waals surface area contributed by atoms with E-state index >= 15 is 0 Å². The zero-order valence-corrected chi connectivity index (χ0v) is 15.9. The molecule has 138 valence electrons. The van der Waals surface area contributed by atoms with Crippen molar-refractivity contribution >= 4 is 5.69 Å². The molecule has 0 aliphatic carbocycles. The summed E-state index contributed by atoms with van der Waals surface area (Å²) in [4.78, 5) is 0. The lowest BCUT2D eigenvalue weighted by Crippen LogP contribution is -2.31. The first kappa shape index (κ1) is 17.7. The molecule has 2 heteroatoms. The summed E-state index contributed by atoms with van der Waals surface area (Å²) in [7, 11) is 0. The summed E-state index contributed by atoms with van der Waals surface area (Å²) < 4.78 is 6.20. The van der Waals surface area contributed by atoms with Crippen molar-refractivity contribution in [3.8, 4) is 5.75 Å². The highest BCUT2D eigenvalue weighted by molar-refractivity contribution is 5.57. The number of hydrogen-bond acceptors (Lipinski definition) is 2. The van der Waals surface area contributed by atoms with E-state index in [1.54, 1.807) is 0 Å². The number of anilines is 1. The Bertz CT molecular complexity index is 820. The number of benzene rings is 3. The van der Waals surface area contributed by atoms with Crippen molar-refractivity contribution in [3.63, 3.8) is 0 Å². The molecule has 0 spiro atoms. The first-order valence-electron chi connectivity index (χ1n) is 9.86. The normalized spacial score (nSPS) is 16.1. The van der Waals surface area contributed by atoms with Crippen LogP contribution in [-0.2, 0) is 5.41 Å². The van der Waals surface area contributed by atoms with E-state index in [0.29, 0.717) is 0 Å². The minimum atomic E-state index is 0.0164. The molecule has 0 saturated heterocycles. The van der Waals surface area contributed by atoms with Crippen molar-refractivity contribution in [2.75, 3.05) is 11.9 Å². The third-order valence-corrected chi connectivity index (χ3v) is 5.73. The fourth-order valence-electron chi connectivity index (χ4n) is 4.07. The highest BCUT2D eigenvalue weighted by Gasteiger charge is 2.29. The van der Waals surface area contributed by atoms with E-state index in [1.807, 2.05) is 18.2 Å². The Hall–Kier alpha value is -2.74. The second-order valence-electron chi connectivity index (χ2n) is 7.57. The minimum absolute atomic E-state index is 0.0164. The molecule has 1 N–H and O–H groups in total. The number of hydrogen-bond donors (Lipinski definition) is 1. The molecule has 1 aliphatic rings. The molecular weight excluding hydrogens is 330 g/mol. The lowest BCUT2D eigenvalue weighted by Gasteiger charge is -2.33. The fraction of sp³-hybridized carbons (Fsp3) is 0.280. The SMILES string of the molecule is CC(CCCC1CNc2ccccc2O1)(c1ccccc1)c1ccccc1. The largest absolute Gasteiger partial charge is 0.486 e. The topological polar surface area (TPSA) is 21.3 Å². The summed E-state index contributed by atoms with van der Waals surface area (Å²) in [5.74, 6) is 0.975. The predicted molar refractivity (Wildman–Crippen MR) is 113 cm³/mol. The van der Waals surface area contributed by atoms with Gasteiger partial charge in [-0.15, -0.1) is 0 Å². The molecule has 4 rings (SSSR count). The van der Waals surface area contributed by atoms with Crippen molar-refractivity contribution in [1.29, 1.82) is 0 Å². The summed E-state index contributed by atoms with van der Waals surface area (Å²) in [5.41, 5.74) is 3.88. The molecule has 0 fully saturated rings. The van der Waals surface area contributed by atoms with Gasteiger partial charge in [-0.3, -0.25) is 0 Å². The van der Waals surface area contributed by atoms with E-state index in [1.165, 1.54) is 11.1 Å². The molecule has 1 heterocycles. The van der Waals surface area contributed by atoms with Crippen LogP contribution >= 0.6 is 0 Å². The van der Waals surface area contributed by atoms with Crippen LogP contribution in [0, 0.1) is 0 Å². The van der Waals surface area contributed by atoms with Crippen LogP contribution in [0.25, 0.3) is 0 Å². The van der Waals surface area contributed by atoms with Crippen LogP contribution in [0.1, 0.15) is 37.3 Å². The van der Waals surface area contributed by atoms with Crippen molar-refractivity contribution in [2.24, 2.45) is 0 Å². The Kier molecular flexibility index (Phi) is 5.15. The maximum absolute atomic E-state index is 6.20. The van der Waals surface area contributed by atoms with E-state index in [4.69, 9.17) is 4.74 Å². The average molecular weight is 357 g/mol. The highest BCUT2D eigenvalue weighted by atomic mass is 16.5. The zero-order valence-electron chi connectivity index (χ0n) is 15.9. The van der Waals surface area contributed by atoms with Gasteiger partial charge in [-0.1, -0.05) is 79.7 Å². The predicted octanol–water partition coefficient (Wildman–Crippen LogP) is 6.04. The van der Waals surface area contributed by atoms with Gasteiger partial charge >= 0.3 is 0 Å². The van der Waals surface area contributed by atoms with Gasteiger partial charge in [-0.05, 0) is 42.5 Å². The third kappa shape index (κ3) is 3.85. The molecule has 27 heavy (non-hydrogen) atoms. The summed E-state index contributed by atoms with van der Waals surface area (Å²) in [5, 5.41) is 3.50. The van der Waals surface area contributed by atoms with Crippen molar-refractivity contribution in [2.45, 2.75) is 37.7 Å². The summed E-state index contributed by atoms with van der Waals surface area (Å²) in [6, 6.07) is 30.0. The molecule has 1 aliphatic heterocycles. The Balaban J connectivity index is 1.46. The molecule has 3 aromatic rings. The molecule has 2 nitrogen and oxygen atoms in total. The quantitative estimate of drug-likeness (QED) is 0.581. The molecule has 0 bridgehead atoms. The lowest BCUT2D eigenvalue weighted by atomic mass is 9.72. The third-order valence-electron chi connectivity index (χ3n) is 5.73. The van der Waals surface area contributed by atoms with Crippen LogP contribution in [0.3, 0.4) is 0 Å². The van der Waals surface area contributed by atoms with E-state index in [0.717, 1.165) is 37.2 Å². The molecule has 0 radical (unpaired) electrons. The smallest absolute Gasteiger partial charge is 0.142 e. The highest BCUT2D eigenvalue weighted by Crippen LogP contribution is 2.37. The van der Waals surface area contributed by atoms with E-state index in [-0.39, 0.29) is 11.5 Å². The molecule has 0 saturated carbocycles. The number of para-hydroxylation sites is 2. The number of fused-ring (bicyclic) bond motifs is 1.